The van der Waals surface area contributed by atoms with E-state index in [9.17, 15) is 0 Å². The van der Waals surface area contributed by atoms with Crippen molar-refractivity contribution >= 4 is 0 Å². The molecule has 0 bridgehead atoms. The van der Waals surface area contributed by atoms with Crippen molar-refractivity contribution in [3.63, 3.8) is 0 Å². The van der Waals surface area contributed by atoms with Crippen LogP contribution in [0.2, 0.25) is 0 Å². The highest BCUT2D eigenvalue weighted by atomic mass is 16.5. The molecule has 2 nitrogen and oxygen atoms in total. The summed E-state index contributed by atoms with van der Waals surface area (Å²) in [4.78, 5) is 0. The second-order valence-electron chi connectivity index (χ2n) is 4.64. The lowest BCUT2D eigenvalue weighted by Gasteiger charge is -2.08. The van der Waals surface area contributed by atoms with Crippen LogP contribution >= 0.6 is 0 Å². The topological polar surface area (TPSA) is 18.5 Å². The second kappa shape index (κ2) is 8.13. The summed E-state index contributed by atoms with van der Waals surface area (Å²) in [6.45, 7) is 8.68. The molecule has 0 fully saturated rings. The maximum atomic E-state index is 5.59. The Labute approximate surface area is 105 Å². The molecule has 0 aliphatic heterocycles. The quantitative estimate of drug-likeness (QED) is 0.641. The first kappa shape index (κ1) is 14.0. The Kier molecular flexibility index (Phi) is 6.71. The highest BCUT2D eigenvalue weighted by Gasteiger charge is 1.96. The molecule has 96 valence electrons. The second-order valence-corrected chi connectivity index (χ2v) is 4.64. The summed E-state index contributed by atoms with van der Waals surface area (Å²) >= 11 is 0. The lowest BCUT2D eigenvalue weighted by molar-refractivity contribution is 0.0926. The van der Waals surface area contributed by atoms with E-state index in [0.29, 0.717) is 19.1 Å². The van der Waals surface area contributed by atoms with E-state index in [1.165, 1.54) is 5.56 Å². The molecule has 1 aromatic rings. The van der Waals surface area contributed by atoms with Crippen LogP contribution in [0.3, 0.4) is 0 Å². The van der Waals surface area contributed by atoms with Crippen molar-refractivity contribution in [2.24, 2.45) is 5.92 Å². The molecular weight excluding hydrogens is 212 g/mol. The van der Waals surface area contributed by atoms with Gasteiger partial charge in [0.05, 0.1) is 6.61 Å². The number of benzene rings is 1. The zero-order valence-corrected chi connectivity index (χ0v) is 11.2. The first-order valence-electron chi connectivity index (χ1n) is 6.52. The number of ether oxygens (including phenoxy) is 2. The summed E-state index contributed by atoms with van der Waals surface area (Å²) in [6.07, 6.45) is 2.18. The largest absolute Gasteiger partial charge is 0.491 e. The van der Waals surface area contributed by atoms with Crippen molar-refractivity contribution in [2.75, 3.05) is 19.8 Å². The van der Waals surface area contributed by atoms with Crippen LogP contribution < -0.4 is 4.74 Å². The molecule has 0 saturated heterocycles. The summed E-state index contributed by atoms with van der Waals surface area (Å²) in [6, 6.07) is 8.25. The summed E-state index contributed by atoms with van der Waals surface area (Å²) < 4.78 is 11.1. The van der Waals surface area contributed by atoms with Crippen LogP contribution in [0.4, 0.5) is 0 Å². The molecule has 0 unspecified atom stereocenters. The first-order valence-corrected chi connectivity index (χ1v) is 6.52. The van der Waals surface area contributed by atoms with Gasteiger partial charge in [-0.15, -0.1) is 0 Å². The monoisotopic (exact) mass is 236 g/mol. The standard InChI is InChI=1S/C15H24O2/c1-4-14-5-7-15(8-6-14)17-12-11-16-10-9-13(2)3/h5-8,13H,4,9-12H2,1-3H3. The number of hydrogen-bond acceptors (Lipinski definition) is 2. The minimum atomic E-state index is 0.629. The van der Waals surface area contributed by atoms with Gasteiger partial charge in [0, 0.05) is 6.61 Å². The Morgan fingerprint density at radius 2 is 1.71 bits per heavy atom. The molecule has 0 spiro atoms. The maximum Gasteiger partial charge on any atom is 0.119 e. The van der Waals surface area contributed by atoms with Gasteiger partial charge in [-0.25, -0.2) is 0 Å². The van der Waals surface area contributed by atoms with Gasteiger partial charge in [-0.2, -0.15) is 0 Å². The molecule has 1 rings (SSSR count). The zero-order valence-electron chi connectivity index (χ0n) is 11.2. The van der Waals surface area contributed by atoms with Gasteiger partial charge in [0.25, 0.3) is 0 Å². The van der Waals surface area contributed by atoms with Crippen molar-refractivity contribution in [2.45, 2.75) is 33.6 Å². The van der Waals surface area contributed by atoms with Gasteiger partial charge in [-0.1, -0.05) is 32.9 Å². The third-order valence-electron chi connectivity index (χ3n) is 2.67. The Hall–Kier alpha value is -1.02. The Morgan fingerprint density at radius 3 is 2.29 bits per heavy atom. The van der Waals surface area contributed by atoms with E-state index in [4.69, 9.17) is 9.47 Å². The lowest BCUT2D eigenvalue weighted by atomic mass is 10.1. The molecule has 0 aliphatic rings. The Balaban J connectivity index is 2.09. The average molecular weight is 236 g/mol. The highest BCUT2D eigenvalue weighted by molar-refractivity contribution is 5.27. The van der Waals surface area contributed by atoms with E-state index in [1.807, 2.05) is 12.1 Å². The zero-order chi connectivity index (χ0) is 12.5. The van der Waals surface area contributed by atoms with Crippen LogP contribution in [0.25, 0.3) is 0 Å². The summed E-state index contributed by atoms with van der Waals surface area (Å²) in [5.74, 6) is 1.63. The highest BCUT2D eigenvalue weighted by Crippen LogP contribution is 2.12. The van der Waals surface area contributed by atoms with Crippen molar-refractivity contribution in [1.29, 1.82) is 0 Å². The fourth-order valence-electron chi connectivity index (χ4n) is 1.46. The van der Waals surface area contributed by atoms with Gasteiger partial charge in [0.1, 0.15) is 12.4 Å². The van der Waals surface area contributed by atoms with Crippen LogP contribution in [0, 0.1) is 5.92 Å². The molecule has 0 atom stereocenters. The fourth-order valence-corrected chi connectivity index (χ4v) is 1.46. The number of hydrogen-bond donors (Lipinski definition) is 0. The van der Waals surface area contributed by atoms with Gasteiger partial charge < -0.3 is 9.47 Å². The molecule has 0 N–H and O–H groups in total. The molecule has 0 radical (unpaired) electrons. The number of aryl methyl sites for hydroxylation is 1. The smallest absolute Gasteiger partial charge is 0.119 e. The van der Waals surface area contributed by atoms with Gasteiger partial charge in [0.15, 0.2) is 0 Å². The van der Waals surface area contributed by atoms with E-state index >= 15 is 0 Å². The summed E-state index contributed by atoms with van der Waals surface area (Å²) in [5.41, 5.74) is 1.34. The third-order valence-corrected chi connectivity index (χ3v) is 2.67. The molecule has 0 aliphatic carbocycles. The first-order chi connectivity index (χ1) is 8.22. The Morgan fingerprint density at radius 1 is 1.00 bits per heavy atom. The molecule has 0 saturated carbocycles. The van der Waals surface area contributed by atoms with Gasteiger partial charge >= 0.3 is 0 Å². The molecule has 2 heteroatoms. The van der Waals surface area contributed by atoms with E-state index in [0.717, 1.165) is 25.2 Å². The van der Waals surface area contributed by atoms with Gasteiger partial charge in [0.2, 0.25) is 0 Å². The predicted molar refractivity (Wildman–Crippen MR) is 71.6 cm³/mol. The van der Waals surface area contributed by atoms with E-state index in [-0.39, 0.29) is 0 Å². The molecule has 0 aromatic heterocycles. The molecule has 0 amide bonds. The van der Waals surface area contributed by atoms with Crippen molar-refractivity contribution in [1.82, 2.24) is 0 Å². The summed E-state index contributed by atoms with van der Waals surface area (Å²) in [7, 11) is 0. The van der Waals surface area contributed by atoms with Crippen LogP contribution in [-0.4, -0.2) is 19.8 Å². The average Bonchev–Trinajstić information content (AvgIpc) is 2.34. The third kappa shape index (κ3) is 6.32. The Bertz CT molecular complexity index is 290. The van der Waals surface area contributed by atoms with E-state index in [1.54, 1.807) is 0 Å². The molecule has 1 aromatic carbocycles. The van der Waals surface area contributed by atoms with Crippen LogP contribution in [0.1, 0.15) is 32.8 Å². The number of rotatable bonds is 8. The van der Waals surface area contributed by atoms with Gasteiger partial charge in [-0.05, 0) is 36.5 Å². The van der Waals surface area contributed by atoms with Crippen LogP contribution in [-0.2, 0) is 11.2 Å². The van der Waals surface area contributed by atoms with Crippen LogP contribution in [0.5, 0.6) is 5.75 Å². The summed E-state index contributed by atoms with van der Waals surface area (Å²) in [5, 5.41) is 0. The fraction of sp³-hybridized carbons (Fsp3) is 0.600. The van der Waals surface area contributed by atoms with E-state index < -0.39 is 0 Å². The molecule has 0 heterocycles. The van der Waals surface area contributed by atoms with Crippen LogP contribution in [0.15, 0.2) is 24.3 Å². The minimum Gasteiger partial charge on any atom is -0.491 e. The maximum absolute atomic E-state index is 5.59. The molecular formula is C15H24O2. The van der Waals surface area contributed by atoms with Crippen molar-refractivity contribution < 1.29 is 9.47 Å². The SMILES string of the molecule is CCc1ccc(OCCOCCC(C)C)cc1. The van der Waals surface area contributed by atoms with Gasteiger partial charge in [-0.3, -0.25) is 0 Å². The molecule has 17 heavy (non-hydrogen) atoms. The predicted octanol–water partition coefficient (Wildman–Crippen LogP) is 3.69. The van der Waals surface area contributed by atoms with Crippen molar-refractivity contribution in [3.8, 4) is 5.75 Å². The minimum absolute atomic E-state index is 0.629. The van der Waals surface area contributed by atoms with E-state index in [2.05, 4.69) is 32.9 Å². The lowest BCUT2D eigenvalue weighted by Crippen LogP contribution is -2.08. The normalized spacial score (nSPS) is 10.8. The van der Waals surface area contributed by atoms with Crippen molar-refractivity contribution in [3.05, 3.63) is 29.8 Å².